The van der Waals surface area contributed by atoms with Gasteiger partial charge in [0.1, 0.15) is 11.5 Å². The fourth-order valence-corrected chi connectivity index (χ4v) is 2.65. The molecule has 0 spiro atoms. The molecule has 0 saturated heterocycles. The molecule has 0 bridgehead atoms. The summed E-state index contributed by atoms with van der Waals surface area (Å²) < 4.78 is 10.6. The van der Waals surface area contributed by atoms with E-state index in [4.69, 9.17) is 9.26 Å². The number of hydrogen-bond acceptors (Lipinski definition) is 4. The van der Waals surface area contributed by atoms with Crippen molar-refractivity contribution in [3.63, 3.8) is 0 Å². The van der Waals surface area contributed by atoms with Crippen LogP contribution in [0.5, 0.6) is 5.75 Å². The van der Waals surface area contributed by atoms with E-state index in [1.54, 1.807) is 14.2 Å². The largest absolute Gasteiger partial charge is 0.497 e. The van der Waals surface area contributed by atoms with Gasteiger partial charge in [0, 0.05) is 32.1 Å². The van der Waals surface area contributed by atoms with Crippen molar-refractivity contribution in [2.45, 2.75) is 39.7 Å². The Hall–Kier alpha value is -1.77. The Bertz CT molecular complexity index is 662. The number of guanidine groups is 1. The number of aryl methyl sites for hydroxylation is 2. The predicted molar refractivity (Wildman–Crippen MR) is 116 cm³/mol. The molecule has 0 radical (unpaired) electrons. The van der Waals surface area contributed by atoms with E-state index < -0.39 is 0 Å². The first-order valence-corrected chi connectivity index (χ1v) is 8.75. The zero-order chi connectivity index (χ0) is 18.1. The molecule has 0 fully saturated rings. The van der Waals surface area contributed by atoms with E-state index in [1.807, 2.05) is 12.1 Å². The van der Waals surface area contributed by atoms with Crippen LogP contribution in [0.2, 0.25) is 0 Å². The van der Waals surface area contributed by atoms with Gasteiger partial charge in [0.2, 0.25) is 0 Å². The van der Waals surface area contributed by atoms with E-state index in [0.717, 1.165) is 54.5 Å². The molecule has 6 nitrogen and oxygen atoms in total. The second-order valence-corrected chi connectivity index (χ2v) is 5.69. The molecule has 1 heterocycles. The highest BCUT2D eigenvalue weighted by molar-refractivity contribution is 14.0. The van der Waals surface area contributed by atoms with E-state index in [2.05, 4.69) is 46.8 Å². The van der Waals surface area contributed by atoms with Crippen molar-refractivity contribution in [1.82, 2.24) is 15.8 Å². The lowest BCUT2D eigenvalue weighted by Gasteiger charge is -2.12. The molecule has 2 N–H and O–H groups in total. The second kappa shape index (κ2) is 11.8. The number of aliphatic imine (C=N–C) groups is 1. The van der Waals surface area contributed by atoms with Crippen LogP contribution in [0.4, 0.5) is 0 Å². The monoisotopic (exact) mass is 472 g/mol. The van der Waals surface area contributed by atoms with Gasteiger partial charge in [-0.05, 0) is 30.5 Å². The lowest BCUT2D eigenvalue weighted by molar-refractivity contribution is 0.380. The Balaban J connectivity index is 0.00000338. The van der Waals surface area contributed by atoms with Crippen LogP contribution in [0.1, 0.15) is 36.4 Å². The summed E-state index contributed by atoms with van der Waals surface area (Å²) in [5.41, 5.74) is 3.41. The van der Waals surface area contributed by atoms with Gasteiger partial charge in [0.25, 0.3) is 0 Å². The molecule has 1 aromatic carbocycles. The number of rotatable bonds is 8. The van der Waals surface area contributed by atoms with Gasteiger partial charge in [0.15, 0.2) is 5.96 Å². The van der Waals surface area contributed by atoms with Gasteiger partial charge >= 0.3 is 0 Å². The average Bonchev–Trinajstić information content (AvgIpc) is 3.07. The van der Waals surface area contributed by atoms with Crippen LogP contribution in [-0.2, 0) is 25.8 Å². The van der Waals surface area contributed by atoms with Crippen LogP contribution in [0.25, 0.3) is 0 Å². The van der Waals surface area contributed by atoms with Crippen molar-refractivity contribution in [2.24, 2.45) is 4.99 Å². The summed E-state index contributed by atoms with van der Waals surface area (Å²) in [4.78, 5) is 4.28. The number of hydrogen-bond donors (Lipinski definition) is 2. The van der Waals surface area contributed by atoms with Gasteiger partial charge in [-0.2, -0.15) is 0 Å². The molecule has 144 valence electrons. The second-order valence-electron chi connectivity index (χ2n) is 5.69. The highest BCUT2D eigenvalue weighted by Crippen LogP contribution is 2.15. The van der Waals surface area contributed by atoms with Crippen molar-refractivity contribution in [2.75, 3.05) is 20.7 Å². The molecule has 0 aliphatic rings. The molecule has 26 heavy (non-hydrogen) atoms. The number of nitrogens with one attached hydrogen (secondary N) is 2. The van der Waals surface area contributed by atoms with E-state index in [0.29, 0.717) is 6.54 Å². The van der Waals surface area contributed by atoms with Gasteiger partial charge in [-0.25, -0.2) is 0 Å². The molecule has 0 saturated carbocycles. The topological polar surface area (TPSA) is 71.7 Å². The molecule has 2 aromatic rings. The normalized spacial score (nSPS) is 11.0. The smallest absolute Gasteiger partial charge is 0.191 e. The summed E-state index contributed by atoms with van der Waals surface area (Å²) in [6, 6.07) is 8.11. The van der Waals surface area contributed by atoms with Gasteiger partial charge in [-0.3, -0.25) is 4.99 Å². The van der Waals surface area contributed by atoms with Crippen LogP contribution in [0.3, 0.4) is 0 Å². The number of nitrogens with zero attached hydrogens (tertiary/aromatic N) is 2. The number of halogens is 1. The molecule has 0 unspecified atom stereocenters. The average molecular weight is 472 g/mol. The zero-order valence-electron chi connectivity index (χ0n) is 16.0. The zero-order valence-corrected chi connectivity index (χ0v) is 18.3. The van der Waals surface area contributed by atoms with E-state index in [1.165, 1.54) is 5.56 Å². The standard InChI is InChI=1S/C19H28N4O2.HI/c1-5-17-16(18(6-2)25-23-17)13-22-19(20-3)21-12-11-14-7-9-15(24-4)10-8-14;/h7-10H,5-6,11-13H2,1-4H3,(H2,20,21,22);1H. The fraction of sp³-hybridized carbons (Fsp3) is 0.474. The molecule has 0 aliphatic heterocycles. The van der Waals surface area contributed by atoms with Crippen molar-refractivity contribution < 1.29 is 9.26 Å². The molecular weight excluding hydrogens is 443 g/mol. The summed E-state index contributed by atoms with van der Waals surface area (Å²) in [6.45, 7) is 5.63. The molecule has 0 aliphatic carbocycles. The maximum absolute atomic E-state index is 5.40. The van der Waals surface area contributed by atoms with Gasteiger partial charge in [0.05, 0.1) is 12.8 Å². The molecule has 7 heteroatoms. The van der Waals surface area contributed by atoms with Crippen molar-refractivity contribution in [3.05, 3.63) is 46.8 Å². The minimum absolute atomic E-state index is 0. The van der Waals surface area contributed by atoms with Gasteiger partial charge < -0.3 is 19.9 Å². The number of benzene rings is 1. The summed E-state index contributed by atoms with van der Waals surface area (Å²) in [5, 5.41) is 10.8. The summed E-state index contributed by atoms with van der Waals surface area (Å²) in [7, 11) is 3.45. The number of methoxy groups -OCH3 is 1. The minimum Gasteiger partial charge on any atom is -0.497 e. The Morgan fingerprint density at radius 3 is 2.46 bits per heavy atom. The van der Waals surface area contributed by atoms with Gasteiger partial charge in [-0.15, -0.1) is 24.0 Å². The molecule has 0 atom stereocenters. The third-order valence-electron chi connectivity index (χ3n) is 4.13. The predicted octanol–water partition coefficient (Wildman–Crippen LogP) is 3.33. The van der Waals surface area contributed by atoms with Crippen LogP contribution in [0.15, 0.2) is 33.8 Å². The number of ether oxygens (including phenoxy) is 1. The lowest BCUT2D eigenvalue weighted by atomic mass is 10.1. The quantitative estimate of drug-likeness (QED) is 0.351. The van der Waals surface area contributed by atoms with Crippen molar-refractivity contribution in [1.29, 1.82) is 0 Å². The third kappa shape index (κ3) is 6.19. The summed E-state index contributed by atoms with van der Waals surface area (Å²) in [6.07, 6.45) is 2.62. The Kier molecular flexibility index (Phi) is 10.1. The number of aromatic nitrogens is 1. The summed E-state index contributed by atoms with van der Waals surface area (Å²) >= 11 is 0. The van der Waals surface area contributed by atoms with E-state index in [-0.39, 0.29) is 24.0 Å². The Morgan fingerprint density at radius 2 is 1.88 bits per heavy atom. The Morgan fingerprint density at radius 1 is 1.15 bits per heavy atom. The maximum Gasteiger partial charge on any atom is 0.191 e. The molecule has 1 aromatic heterocycles. The van der Waals surface area contributed by atoms with Crippen LogP contribution >= 0.6 is 24.0 Å². The molecule has 0 amide bonds. The minimum atomic E-state index is 0. The van der Waals surface area contributed by atoms with Crippen molar-refractivity contribution >= 4 is 29.9 Å². The van der Waals surface area contributed by atoms with E-state index >= 15 is 0 Å². The van der Waals surface area contributed by atoms with E-state index in [9.17, 15) is 0 Å². The van der Waals surface area contributed by atoms with Crippen LogP contribution in [-0.4, -0.2) is 31.8 Å². The Labute approximate surface area is 172 Å². The highest BCUT2D eigenvalue weighted by atomic mass is 127. The maximum atomic E-state index is 5.40. The first-order valence-electron chi connectivity index (χ1n) is 8.75. The van der Waals surface area contributed by atoms with Crippen LogP contribution < -0.4 is 15.4 Å². The SMILES string of the molecule is CCc1noc(CC)c1CNC(=NC)NCCc1ccc(OC)cc1.I. The first kappa shape index (κ1) is 22.3. The fourth-order valence-electron chi connectivity index (χ4n) is 2.65. The van der Waals surface area contributed by atoms with Crippen LogP contribution in [0, 0.1) is 0 Å². The highest BCUT2D eigenvalue weighted by Gasteiger charge is 2.13. The van der Waals surface area contributed by atoms with Gasteiger partial charge in [-0.1, -0.05) is 31.1 Å². The third-order valence-corrected chi connectivity index (χ3v) is 4.13. The molecular formula is C19H29IN4O2. The van der Waals surface area contributed by atoms with Crippen molar-refractivity contribution in [3.8, 4) is 5.75 Å². The first-order chi connectivity index (χ1) is 12.2. The lowest BCUT2D eigenvalue weighted by Crippen LogP contribution is -2.38. The summed E-state index contributed by atoms with van der Waals surface area (Å²) in [5.74, 6) is 2.60. The molecule has 2 rings (SSSR count).